The number of nitrogens with zero attached hydrogens (tertiary/aromatic N) is 2. The molecule has 1 N–H and O–H groups in total. The molecule has 1 aliphatic heterocycles. The fourth-order valence-corrected chi connectivity index (χ4v) is 3.08. The molecule has 0 spiro atoms. The van der Waals surface area contributed by atoms with Crippen molar-refractivity contribution in [2.75, 3.05) is 45.6 Å². The van der Waals surface area contributed by atoms with Crippen LogP contribution < -0.4 is 5.32 Å². The first kappa shape index (κ1) is 18.8. The van der Waals surface area contributed by atoms with Crippen molar-refractivity contribution in [2.45, 2.75) is 0 Å². The van der Waals surface area contributed by atoms with Crippen LogP contribution >= 0.6 is 23.4 Å². The average molecular weight is 366 g/mol. The van der Waals surface area contributed by atoms with Gasteiger partial charge in [0.2, 0.25) is 5.78 Å². The fraction of sp³-hybridized carbons (Fsp3) is 0.412. The van der Waals surface area contributed by atoms with E-state index >= 15 is 0 Å². The molecule has 7 heteroatoms. The van der Waals surface area contributed by atoms with Gasteiger partial charge in [0.05, 0.1) is 18.2 Å². The molecule has 1 saturated heterocycles. The molecule has 1 aliphatic rings. The minimum atomic E-state index is -0.294. The molecule has 0 atom stereocenters. The van der Waals surface area contributed by atoms with Crippen molar-refractivity contribution in [1.29, 1.82) is 5.26 Å². The molecular formula is C17H20ClN3O2S. The van der Waals surface area contributed by atoms with Crippen molar-refractivity contribution >= 4 is 29.1 Å². The lowest BCUT2D eigenvalue weighted by Crippen LogP contribution is -2.40. The zero-order valence-electron chi connectivity index (χ0n) is 13.5. The largest absolute Gasteiger partial charge is 0.379 e. The number of nitrogens with one attached hydrogen (secondary N) is 1. The Hall–Kier alpha value is -1.52. The standard InChI is InChI=1S/C17H20ClN3O2S/c1-24-17(20-6-7-21-8-10-23-11-9-21)15(12-19)16(22)13-2-4-14(18)5-3-13/h2-5,20H,6-11H2,1H3/b17-15-. The van der Waals surface area contributed by atoms with Crippen LogP contribution in [0.4, 0.5) is 0 Å². The maximum Gasteiger partial charge on any atom is 0.206 e. The van der Waals surface area contributed by atoms with E-state index in [9.17, 15) is 10.1 Å². The number of morpholine rings is 1. The lowest BCUT2D eigenvalue weighted by Gasteiger charge is -2.26. The van der Waals surface area contributed by atoms with Gasteiger partial charge in [-0.05, 0) is 30.5 Å². The Morgan fingerprint density at radius 2 is 2.04 bits per heavy atom. The second-order valence-electron chi connectivity index (χ2n) is 5.24. The fourth-order valence-electron chi connectivity index (χ4n) is 2.37. The van der Waals surface area contributed by atoms with Gasteiger partial charge in [-0.3, -0.25) is 9.69 Å². The number of ketones is 1. The Morgan fingerprint density at radius 3 is 2.62 bits per heavy atom. The monoisotopic (exact) mass is 365 g/mol. The van der Waals surface area contributed by atoms with Crippen LogP contribution in [0.1, 0.15) is 10.4 Å². The molecule has 1 heterocycles. The molecule has 0 radical (unpaired) electrons. The van der Waals surface area contributed by atoms with Crippen LogP contribution in [0, 0.1) is 11.3 Å². The summed E-state index contributed by atoms with van der Waals surface area (Å²) in [5, 5.41) is 13.8. The van der Waals surface area contributed by atoms with Gasteiger partial charge in [-0.15, -0.1) is 11.8 Å². The average Bonchev–Trinajstić information content (AvgIpc) is 2.62. The van der Waals surface area contributed by atoms with Crippen molar-refractivity contribution in [1.82, 2.24) is 10.2 Å². The van der Waals surface area contributed by atoms with Crippen molar-refractivity contribution in [3.63, 3.8) is 0 Å². The summed E-state index contributed by atoms with van der Waals surface area (Å²) in [5.74, 6) is -0.294. The van der Waals surface area contributed by atoms with Crippen LogP contribution in [0.5, 0.6) is 0 Å². The minimum Gasteiger partial charge on any atom is -0.379 e. The van der Waals surface area contributed by atoms with Crippen LogP contribution in [-0.2, 0) is 4.74 Å². The molecular weight excluding hydrogens is 346 g/mol. The summed E-state index contributed by atoms with van der Waals surface area (Å²) < 4.78 is 5.32. The van der Waals surface area contributed by atoms with Gasteiger partial charge in [0, 0.05) is 36.8 Å². The van der Waals surface area contributed by atoms with E-state index in [1.54, 1.807) is 24.3 Å². The molecule has 24 heavy (non-hydrogen) atoms. The zero-order chi connectivity index (χ0) is 17.4. The number of allylic oxidation sites excluding steroid dienone is 1. The van der Waals surface area contributed by atoms with Gasteiger partial charge in [0.15, 0.2) is 0 Å². The van der Waals surface area contributed by atoms with Crippen molar-refractivity contribution in [2.24, 2.45) is 0 Å². The van der Waals surface area contributed by atoms with Gasteiger partial charge in [-0.1, -0.05) is 11.6 Å². The lowest BCUT2D eigenvalue weighted by atomic mass is 10.1. The summed E-state index contributed by atoms with van der Waals surface area (Å²) in [6.45, 7) is 4.85. The van der Waals surface area contributed by atoms with E-state index in [1.165, 1.54) is 11.8 Å². The number of Topliss-reactive ketones (excluding diaryl/α,β-unsaturated/α-hetero) is 1. The Kier molecular flexibility index (Phi) is 7.60. The molecule has 0 bridgehead atoms. The van der Waals surface area contributed by atoms with E-state index in [-0.39, 0.29) is 11.4 Å². The number of hydrogen-bond acceptors (Lipinski definition) is 6. The maximum absolute atomic E-state index is 12.5. The molecule has 1 fully saturated rings. The molecule has 1 aromatic rings. The number of rotatable bonds is 7. The minimum absolute atomic E-state index is 0.131. The molecule has 0 unspecified atom stereocenters. The number of carbonyl (C=O) groups is 1. The SMILES string of the molecule is CS/C(NCCN1CCOCC1)=C(/C#N)C(=O)c1ccc(Cl)cc1. The molecule has 0 saturated carbocycles. The van der Waals surface area contributed by atoms with E-state index in [4.69, 9.17) is 16.3 Å². The third-order valence-corrected chi connectivity index (χ3v) is 4.70. The molecule has 0 aliphatic carbocycles. The van der Waals surface area contributed by atoms with E-state index in [1.807, 2.05) is 12.3 Å². The molecule has 128 valence electrons. The number of carbonyl (C=O) groups excluding carboxylic acids is 1. The van der Waals surface area contributed by atoms with Crippen LogP contribution in [0.3, 0.4) is 0 Å². The van der Waals surface area contributed by atoms with Crippen LogP contribution in [0.25, 0.3) is 0 Å². The van der Waals surface area contributed by atoms with Crippen LogP contribution in [0.15, 0.2) is 34.9 Å². The molecule has 0 amide bonds. The number of ether oxygens (including phenoxy) is 1. The summed E-state index contributed by atoms with van der Waals surface area (Å²) in [4.78, 5) is 14.8. The highest BCUT2D eigenvalue weighted by Crippen LogP contribution is 2.19. The summed E-state index contributed by atoms with van der Waals surface area (Å²) in [6.07, 6.45) is 1.85. The van der Waals surface area contributed by atoms with E-state index < -0.39 is 0 Å². The predicted molar refractivity (Wildman–Crippen MR) is 97.2 cm³/mol. The van der Waals surface area contributed by atoms with Gasteiger partial charge in [0.1, 0.15) is 11.6 Å². The molecule has 0 aromatic heterocycles. The van der Waals surface area contributed by atoms with Gasteiger partial charge >= 0.3 is 0 Å². The van der Waals surface area contributed by atoms with E-state index in [2.05, 4.69) is 10.2 Å². The van der Waals surface area contributed by atoms with Crippen molar-refractivity contribution in [3.05, 3.63) is 45.5 Å². The van der Waals surface area contributed by atoms with Crippen molar-refractivity contribution < 1.29 is 9.53 Å². The summed E-state index contributed by atoms with van der Waals surface area (Å²) >= 11 is 7.21. The van der Waals surface area contributed by atoms with Crippen molar-refractivity contribution in [3.8, 4) is 6.07 Å². The predicted octanol–water partition coefficient (Wildman–Crippen LogP) is 2.54. The first-order valence-electron chi connectivity index (χ1n) is 7.68. The number of nitriles is 1. The Labute approximate surface area is 151 Å². The first-order valence-corrected chi connectivity index (χ1v) is 9.28. The lowest BCUT2D eigenvalue weighted by molar-refractivity contribution is 0.0387. The second kappa shape index (κ2) is 9.70. The van der Waals surface area contributed by atoms with Crippen LogP contribution in [0.2, 0.25) is 5.02 Å². The number of benzene rings is 1. The molecule has 5 nitrogen and oxygen atoms in total. The number of hydrogen-bond donors (Lipinski definition) is 1. The quantitative estimate of drug-likeness (QED) is 0.455. The smallest absolute Gasteiger partial charge is 0.206 e. The Bertz CT molecular complexity index is 634. The van der Waals surface area contributed by atoms with E-state index in [0.29, 0.717) is 22.2 Å². The number of halogens is 1. The second-order valence-corrected chi connectivity index (χ2v) is 6.49. The van der Waals surface area contributed by atoms with E-state index in [0.717, 1.165) is 32.8 Å². The summed E-state index contributed by atoms with van der Waals surface area (Å²) in [7, 11) is 0. The molecule has 2 rings (SSSR count). The molecule has 1 aromatic carbocycles. The third-order valence-electron chi connectivity index (χ3n) is 3.69. The van der Waals surface area contributed by atoms with Gasteiger partial charge in [-0.25, -0.2) is 0 Å². The van der Waals surface area contributed by atoms with Gasteiger partial charge < -0.3 is 10.1 Å². The van der Waals surface area contributed by atoms with Crippen LogP contribution in [-0.4, -0.2) is 56.3 Å². The van der Waals surface area contributed by atoms with Gasteiger partial charge in [-0.2, -0.15) is 5.26 Å². The number of thioether (sulfide) groups is 1. The topological polar surface area (TPSA) is 65.4 Å². The zero-order valence-corrected chi connectivity index (χ0v) is 15.1. The highest BCUT2D eigenvalue weighted by molar-refractivity contribution is 8.02. The summed E-state index contributed by atoms with van der Waals surface area (Å²) in [6, 6.07) is 8.59. The highest BCUT2D eigenvalue weighted by atomic mass is 35.5. The first-order chi connectivity index (χ1) is 11.7. The Balaban J connectivity index is 2.03. The summed E-state index contributed by atoms with van der Waals surface area (Å²) in [5.41, 5.74) is 0.587. The third kappa shape index (κ3) is 5.25. The maximum atomic E-state index is 12.5. The normalized spacial score (nSPS) is 16.2. The highest BCUT2D eigenvalue weighted by Gasteiger charge is 2.17. The Morgan fingerprint density at radius 1 is 1.38 bits per heavy atom. The van der Waals surface area contributed by atoms with Gasteiger partial charge in [0.25, 0.3) is 0 Å².